The Morgan fingerprint density at radius 3 is 2.67 bits per heavy atom. The molecule has 1 atom stereocenters. The second kappa shape index (κ2) is 8.35. The van der Waals surface area contributed by atoms with E-state index in [0.717, 1.165) is 0 Å². The number of aromatic hydroxyl groups is 1. The lowest BCUT2D eigenvalue weighted by Gasteiger charge is -2.20. The van der Waals surface area contributed by atoms with Crippen LogP contribution in [-0.2, 0) is 14.3 Å². The van der Waals surface area contributed by atoms with E-state index in [1.807, 2.05) is 0 Å². The summed E-state index contributed by atoms with van der Waals surface area (Å²) in [6, 6.07) is 2.56. The maximum atomic E-state index is 11.7. The molecule has 1 aromatic rings. The Bertz CT molecular complexity index is 537. The molecule has 0 heterocycles. The standard InChI is InChI=1S/C13H16Br2N2O4/c1-2-21-12(19)5-10(17-11(18)6-16)8-3-7(14)4-9(15)13(8)20/h3-4,10,20H,2,5-6,16H2,1H3,(H,17,18)/t10-/m1/s1. The Hall–Kier alpha value is -1.12. The number of esters is 1. The van der Waals surface area contributed by atoms with Gasteiger partial charge in [-0.1, -0.05) is 15.9 Å². The quantitative estimate of drug-likeness (QED) is 0.607. The van der Waals surface area contributed by atoms with E-state index in [2.05, 4.69) is 37.2 Å². The Balaban J connectivity index is 3.10. The molecular weight excluding hydrogens is 408 g/mol. The van der Waals surface area contributed by atoms with E-state index in [1.54, 1.807) is 19.1 Å². The summed E-state index contributed by atoms with van der Waals surface area (Å²) in [6.07, 6.45) is -0.101. The van der Waals surface area contributed by atoms with Crippen LogP contribution in [-0.4, -0.2) is 30.1 Å². The number of hydrogen-bond acceptors (Lipinski definition) is 5. The fourth-order valence-corrected chi connectivity index (χ4v) is 2.99. The summed E-state index contributed by atoms with van der Waals surface area (Å²) in [6.45, 7) is 1.72. The summed E-state index contributed by atoms with van der Waals surface area (Å²) in [5.74, 6) is -0.958. The number of benzene rings is 1. The summed E-state index contributed by atoms with van der Waals surface area (Å²) in [4.78, 5) is 23.2. The van der Waals surface area contributed by atoms with Crippen molar-refractivity contribution < 1.29 is 19.4 Å². The SMILES string of the molecule is CCOC(=O)C[C@@H](NC(=O)CN)c1cc(Br)cc(Br)c1O. The molecule has 0 aliphatic carbocycles. The number of carbonyl (C=O) groups is 2. The lowest BCUT2D eigenvalue weighted by Crippen LogP contribution is -2.35. The Morgan fingerprint density at radius 2 is 2.10 bits per heavy atom. The van der Waals surface area contributed by atoms with Gasteiger partial charge in [0.25, 0.3) is 0 Å². The highest BCUT2D eigenvalue weighted by molar-refractivity contribution is 9.11. The molecule has 21 heavy (non-hydrogen) atoms. The topological polar surface area (TPSA) is 102 Å². The van der Waals surface area contributed by atoms with Gasteiger partial charge in [0.15, 0.2) is 0 Å². The van der Waals surface area contributed by atoms with E-state index in [0.29, 0.717) is 14.5 Å². The molecule has 0 fully saturated rings. The molecule has 0 bridgehead atoms. The van der Waals surface area contributed by atoms with Crippen LogP contribution in [0.2, 0.25) is 0 Å². The molecule has 1 aromatic carbocycles. The molecule has 0 saturated carbocycles. The number of hydrogen-bond donors (Lipinski definition) is 3. The molecule has 1 amide bonds. The van der Waals surface area contributed by atoms with Crippen molar-refractivity contribution in [2.75, 3.05) is 13.2 Å². The van der Waals surface area contributed by atoms with Crippen LogP contribution in [0.25, 0.3) is 0 Å². The predicted molar refractivity (Wildman–Crippen MR) is 84.7 cm³/mol. The Kier molecular flexibility index (Phi) is 7.13. The lowest BCUT2D eigenvalue weighted by atomic mass is 10.0. The van der Waals surface area contributed by atoms with E-state index in [-0.39, 0.29) is 25.3 Å². The number of ether oxygens (including phenoxy) is 1. The molecule has 6 nitrogen and oxygen atoms in total. The number of phenolic OH excluding ortho intramolecular Hbond substituents is 1. The first kappa shape index (κ1) is 17.9. The largest absolute Gasteiger partial charge is 0.506 e. The molecular formula is C13H16Br2N2O4. The normalized spacial score (nSPS) is 11.8. The molecule has 4 N–H and O–H groups in total. The van der Waals surface area contributed by atoms with Crippen LogP contribution >= 0.6 is 31.9 Å². The summed E-state index contributed by atoms with van der Waals surface area (Å²) >= 11 is 6.51. The molecule has 0 spiro atoms. The van der Waals surface area contributed by atoms with Crippen LogP contribution in [0.15, 0.2) is 21.1 Å². The van der Waals surface area contributed by atoms with Crippen molar-refractivity contribution >= 4 is 43.7 Å². The van der Waals surface area contributed by atoms with E-state index in [9.17, 15) is 14.7 Å². The third-order valence-corrected chi connectivity index (χ3v) is 3.69. The van der Waals surface area contributed by atoms with Crippen LogP contribution in [0, 0.1) is 0 Å². The molecule has 116 valence electrons. The zero-order valence-electron chi connectivity index (χ0n) is 11.4. The van der Waals surface area contributed by atoms with Gasteiger partial charge in [0.2, 0.25) is 5.91 Å². The molecule has 0 saturated heterocycles. The number of rotatable bonds is 6. The zero-order chi connectivity index (χ0) is 16.0. The highest BCUT2D eigenvalue weighted by atomic mass is 79.9. The smallest absolute Gasteiger partial charge is 0.308 e. The van der Waals surface area contributed by atoms with Gasteiger partial charge >= 0.3 is 5.97 Å². The van der Waals surface area contributed by atoms with Crippen molar-refractivity contribution in [3.05, 3.63) is 26.6 Å². The van der Waals surface area contributed by atoms with Crippen LogP contribution in [0.3, 0.4) is 0 Å². The summed E-state index contributed by atoms with van der Waals surface area (Å²) < 4.78 is 6.02. The summed E-state index contributed by atoms with van der Waals surface area (Å²) in [5, 5.41) is 12.7. The minimum absolute atomic E-state index is 0.0511. The minimum Gasteiger partial charge on any atom is -0.506 e. The Labute approximate surface area is 139 Å². The predicted octanol–water partition coefficient (Wildman–Crippen LogP) is 1.99. The van der Waals surface area contributed by atoms with Gasteiger partial charge in [-0.05, 0) is 35.0 Å². The second-order valence-electron chi connectivity index (χ2n) is 4.16. The van der Waals surface area contributed by atoms with Crippen LogP contribution in [0.5, 0.6) is 5.75 Å². The molecule has 0 radical (unpaired) electrons. The summed E-state index contributed by atoms with van der Waals surface area (Å²) in [7, 11) is 0. The maximum Gasteiger partial charge on any atom is 0.308 e. The molecule has 0 aliphatic rings. The van der Waals surface area contributed by atoms with Crippen molar-refractivity contribution in [1.82, 2.24) is 5.32 Å². The fourth-order valence-electron chi connectivity index (χ4n) is 1.73. The van der Waals surface area contributed by atoms with Crippen LogP contribution in [0.4, 0.5) is 0 Å². The highest BCUT2D eigenvalue weighted by Gasteiger charge is 2.23. The van der Waals surface area contributed by atoms with Gasteiger partial charge in [0.05, 0.1) is 30.1 Å². The van der Waals surface area contributed by atoms with E-state index in [4.69, 9.17) is 10.5 Å². The fraction of sp³-hybridized carbons (Fsp3) is 0.385. The van der Waals surface area contributed by atoms with Crippen LogP contribution in [0.1, 0.15) is 24.9 Å². The Morgan fingerprint density at radius 1 is 1.43 bits per heavy atom. The van der Waals surface area contributed by atoms with Gasteiger partial charge in [-0.25, -0.2) is 0 Å². The van der Waals surface area contributed by atoms with Gasteiger partial charge in [-0.2, -0.15) is 0 Å². The molecule has 0 aliphatic heterocycles. The molecule has 8 heteroatoms. The van der Waals surface area contributed by atoms with Crippen molar-refractivity contribution in [3.8, 4) is 5.75 Å². The average Bonchev–Trinajstić information content (AvgIpc) is 2.42. The first-order chi connectivity index (χ1) is 9.88. The van der Waals surface area contributed by atoms with Gasteiger partial charge in [0.1, 0.15) is 5.75 Å². The number of carbonyl (C=O) groups excluding carboxylic acids is 2. The average molecular weight is 424 g/mol. The van der Waals surface area contributed by atoms with Crippen LogP contribution < -0.4 is 11.1 Å². The number of amides is 1. The maximum absolute atomic E-state index is 11.7. The van der Waals surface area contributed by atoms with E-state index < -0.39 is 17.9 Å². The first-order valence-electron chi connectivity index (χ1n) is 6.22. The number of phenols is 1. The number of halogens is 2. The monoisotopic (exact) mass is 422 g/mol. The third kappa shape index (κ3) is 5.29. The van der Waals surface area contributed by atoms with Crippen molar-refractivity contribution in [3.63, 3.8) is 0 Å². The molecule has 1 rings (SSSR count). The van der Waals surface area contributed by atoms with Gasteiger partial charge in [0, 0.05) is 10.0 Å². The molecule has 0 unspecified atom stereocenters. The third-order valence-electron chi connectivity index (χ3n) is 2.63. The van der Waals surface area contributed by atoms with Gasteiger partial charge in [-0.3, -0.25) is 9.59 Å². The zero-order valence-corrected chi connectivity index (χ0v) is 14.5. The minimum atomic E-state index is -0.728. The lowest BCUT2D eigenvalue weighted by molar-refractivity contribution is -0.143. The second-order valence-corrected chi connectivity index (χ2v) is 5.93. The van der Waals surface area contributed by atoms with Crippen molar-refractivity contribution in [2.45, 2.75) is 19.4 Å². The van der Waals surface area contributed by atoms with Gasteiger partial charge < -0.3 is 20.9 Å². The number of nitrogens with one attached hydrogen (secondary N) is 1. The molecule has 0 aromatic heterocycles. The van der Waals surface area contributed by atoms with Gasteiger partial charge in [-0.15, -0.1) is 0 Å². The van der Waals surface area contributed by atoms with E-state index >= 15 is 0 Å². The highest BCUT2D eigenvalue weighted by Crippen LogP contribution is 2.36. The van der Waals surface area contributed by atoms with Crippen molar-refractivity contribution in [2.24, 2.45) is 5.73 Å². The first-order valence-corrected chi connectivity index (χ1v) is 7.80. The summed E-state index contributed by atoms with van der Waals surface area (Å²) in [5.41, 5.74) is 5.67. The van der Waals surface area contributed by atoms with E-state index in [1.165, 1.54) is 0 Å². The van der Waals surface area contributed by atoms with Crippen molar-refractivity contribution in [1.29, 1.82) is 0 Å². The number of nitrogens with two attached hydrogens (primary N) is 1.